The summed E-state index contributed by atoms with van der Waals surface area (Å²) in [6, 6.07) is 0. The molecule has 1 aliphatic rings. The first kappa shape index (κ1) is 12.4. The molecule has 2 unspecified atom stereocenters. The predicted molar refractivity (Wildman–Crippen MR) is 51.3 cm³/mol. The lowest BCUT2D eigenvalue weighted by molar-refractivity contribution is -0.137. The number of carbonyl (C=O) groups excluding carboxylic acids is 1. The van der Waals surface area contributed by atoms with Crippen molar-refractivity contribution in [2.45, 2.75) is 45.6 Å². The van der Waals surface area contributed by atoms with E-state index >= 15 is 0 Å². The lowest BCUT2D eigenvalue weighted by Gasteiger charge is -2.21. The zero-order valence-corrected chi connectivity index (χ0v) is 8.75. The highest BCUT2D eigenvalue weighted by molar-refractivity contribution is 5.65. The van der Waals surface area contributed by atoms with Gasteiger partial charge in [0.15, 0.2) is 0 Å². The Labute approximate surface area is 80.1 Å². The van der Waals surface area contributed by atoms with Gasteiger partial charge in [-0.25, -0.2) is 0 Å². The van der Waals surface area contributed by atoms with Gasteiger partial charge in [0.2, 0.25) is 0 Å². The third kappa shape index (κ3) is 7.78. The molecule has 0 radical (unpaired) electrons. The first-order chi connectivity index (χ1) is 6.06. The number of esters is 1. The van der Waals surface area contributed by atoms with E-state index in [1.807, 2.05) is 0 Å². The first-order valence-electron chi connectivity index (χ1n) is 4.79. The summed E-state index contributed by atoms with van der Waals surface area (Å²) in [4.78, 5) is 9.59. The molecule has 13 heavy (non-hydrogen) atoms. The van der Waals surface area contributed by atoms with Gasteiger partial charge in [0, 0.05) is 6.92 Å². The van der Waals surface area contributed by atoms with Gasteiger partial charge in [0.25, 0.3) is 0 Å². The molecule has 0 aliphatic heterocycles. The molecule has 0 saturated heterocycles. The largest absolute Gasteiger partial charge is 0.469 e. The number of aliphatic hydroxyl groups excluding tert-OH is 1. The smallest absolute Gasteiger partial charge is 0.302 e. The van der Waals surface area contributed by atoms with Crippen molar-refractivity contribution in [3.63, 3.8) is 0 Å². The molecule has 1 N–H and O–H groups in total. The molecule has 0 amide bonds. The standard InChI is InChI=1S/C7H14O.C3H6O2/c1-6-3-2-4-7(8)5-6;1-3(4)5-2/h6-8H,2-5H2,1H3;1-2H3. The number of hydrogen-bond acceptors (Lipinski definition) is 3. The maximum atomic E-state index is 9.59. The lowest BCUT2D eigenvalue weighted by Crippen LogP contribution is -2.16. The number of carbonyl (C=O) groups is 1. The van der Waals surface area contributed by atoms with Crippen molar-refractivity contribution in [1.29, 1.82) is 0 Å². The highest BCUT2D eigenvalue weighted by Crippen LogP contribution is 2.22. The van der Waals surface area contributed by atoms with E-state index in [4.69, 9.17) is 5.11 Å². The quantitative estimate of drug-likeness (QED) is 0.589. The van der Waals surface area contributed by atoms with Gasteiger partial charge in [0.05, 0.1) is 13.2 Å². The Morgan fingerprint density at radius 3 is 2.23 bits per heavy atom. The van der Waals surface area contributed by atoms with Gasteiger partial charge in [-0.1, -0.05) is 19.8 Å². The fraction of sp³-hybridized carbons (Fsp3) is 0.900. The second-order valence-electron chi connectivity index (χ2n) is 3.62. The summed E-state index contributed by atoms with van der Waals surface area (Å²) >= 11 is 0. The summed E-state index contributed by atoms with van der Waals surface area (Å²) in [5.74, 6) is 0.517. The summed E-state index contributed by atoms with van der Waals surface area (Å²) < 4.78 is 4.11. The fourth-order valence-corrected chi connectivity index (χ4v) is 1.40. The van der Waals surface area contributed by atoms with Crippen LogP contribution in [-0.2, 0) is 9.53 Å². The van der Waals surface area contributed by atoms with Crippen LogP contribution in [-0.4, -0.2) is 24.3 Å². The van der Waals surface area contributed by atoms with Crippen LogP contribution in [0.3, 0.4) is 0 Å². The molecule has 0 aromatic heterocycles. The Balaban J connectivity index is 0.000000252. The van der Waals surface area contributed by atoms with Crippen molar-refractivity contribution >= 4 is 5.97 Å². The molecule has 0 bridgehead atoms. The van der Waals surface area contributed by atoms with Crippen LogP contribution in [0.2, 0.25) is 0 Å². The molecule has 2 atom stereocenters. The van der Waals surface area contributed by atoms with E-state index in [0.717, 1.165) is 18.8 Å². The molecule has 0 spiro atoms. The van der Waals surface area contributed by atoms with Gasteiger partial charge in [-0.05, 0) is 18.8 Å². The Morgan fingerprint density at radius 2 is 2.00 bits per heavy atom. The SMILES string of the molecule is CC1CCCC(O)C1.COC(C)=O. The Kier molecular flexibility index (Phi) is 6.59. The van der Waals surface area contributed by atoms with Crippen molar-refractivity contribution in [2.75, 3.05) is 7.11 Å². The van der Waals surface area contributed by atoms with Crippen LogP contribution in [0.4, 0.5) is 0 Å². The molecule has 0 heterocycles. The molecule has 1 saturated carbocycles. The summed E-state index contributed by atoms with van der Waals surface area (Å²) in [7, 11) is 1.35. The third-order valence-corrected chi connectivity index (χ3v) is 2.20. The Morgan fingerprint density at radius 1 is 1.46 bits per heavy atom. The maximum Gasteiger partial charge on any atom is 0.302 e. The van der Waals surface area contributed by atoms with Crippen molar-refractivity contribution < 1.29 is 14.6 Å². The topological polar surface area (TPSA) is 46.5 Å². The second-order valence-corrected chi connectivity index (χ2v) is 3.62. The molecule has 1 aliphatic carbocycles. The average Bonchev–Trinajstić information content (AvgIpc) is 2.05. The minimum Gasteiger partial charge on any atom is -0.469 e. The minimum atomic E-state index is -0.245. The highest BCUT2D eigenvalue weighted by atomic mass is 16.5. The van der Waals surface area contributed by atoms with E-state index in [9.17, 15) is 4.79 Å². The zero-order chi connectivity index (χ0) is 10.3. The van der Waals surface area contributed by atoms with E-state index in [1.54, 1.807) is 0 Å². The molecule has 3 nitrogen and oxygen atoms in total. The molecular formula is C10H20O3. The second kappa shape index (κ2) is 6.89. The Hall–Kier alpha value is -0.570. The fourth-order valence-electron chi connectivity index (χ4n) is 1.40. The van der Waals surface area contributed by atoms with Gasteiger partial charge in [-0.2, -0.15) is 0 Å². The number of ether oxygens (including phenoxy) is 1. The van der Waals surface area contributed by atoms with Crippen LogP contribution in [0.25, 0.3) is 0 Å². The van der Waals surface area contributed by atoms with E-state index < -0.39 is 0 Å². The predicted octanol–water partition coefficient (Wildman–Crippen LogP) is 1.74. The van der Waals surface area contributed by atoms with Crippen LogP contribution in [0.15, 0.2) is 0 Å². The molecule has 78 valence electrons. The van der Waals surface area contributed by atoms with Crippen molar-refractivity contribution in [2.24, 2.45) is 5.92 Å². The lowest BCUT2D eigenvalue weighted by atomic mass is 9.89. The molecule has 1 rings (SSSR count). The summed E-state index contributed by atoms with van der Waals surface area (Å²) in [6.07, 6.45) is 4.61. The number of methoxy groups -OCH3 is 1. The van der Waals surface area contributed by atoms with E-state index in [1.165, 1.54) is 26.9 Å². The number of aliphatic hydroxyl groups is 1. The van der Waals surface area contributed by atoms with Gasteiger partial charge < -0.3 is 9.84 Å². The van der Waals surface area contributed by atoms with Crippen LogP contribution >= 0.6 is 0 Å². The average molecular weight is 188 g/mol. The molecule has 1 fully saturated rings. The first-order valence-corrected chi connectivity index (χ1v) is 4.79. The minimum absolute atomic E-state index is 0.0127. The third-order valence-electron chi connectivity index (χ3n) is 2.20. The van der Waals surface area contributed by atoms with E-state index in [0.29, 0.717) is 0 Å². The van der Waals surface area contributed by atoms with Crippen LogP contribution in [0.1, 0.15) is 39.5 Å². The molecular weight excluding hydrogens is 168 g/mol. The Bertz CT molecular complexity index is 137. The van der Waals surface area contributed by atoms with Crippen molar-refractivity contribution in [3.05, 3.63) is 0 Å². The molecule has 3 heteroatoms. The van der Waals surface area contributed by atoms with Crippen molar-refractivity contribution in [1.82, 2.24) is 0 Å². The normalized spacial score (nSPS) is 27.1. The molecule has 0 aromatic carbocycles. The maximum absolute atomic E-state index is 9.59. The van der Waals surface area contributed by atoms with Crippen LogP contribution in [0.5, 0.6) is 0 Å². The van der Waals surface area contributed by atoms with Gasteiger partial charge >= 0.3 is 5.97 Å². The monoisotopic (exact) mass is 188 g/mol. The number of hydrogen-bond donors (Lipinski definition) is 1. The van der Waals surface area contributed by atoms with Gasteiger partial charge in [0.1, 0.15) is 0 Å². The van der Waals surface area contributed by atoms with Crippen molar-refractivity contribution in [3.8, 4) is 0 Å². The van der Waals surface area contributed by atoms with E-state index in [2.05, 4.69) is 11.7 Å². The summed E-state index contributed by atoms with van der Waals surface area (Å²) in [5.41, 5.74) is 0. The highest BCUT2D eigenvalue weighted by Gasteiger charge is 2.15. The van der Waals surface area contributed by atoms with E-state index in [-0.39, 0.29) is 12.1 Å². The summed E-state index contributed by atoms with van der Waals surface area (Å²) in [5, 5.41) is 9.08. The summed E-state index contributed by atoms with van der Waals surface area (Å²) in [6.45, 7) is 3.57. The van der Waals surface area contributed by atoms with Gasteiger partial charge in [-0.3, -0.25) is 4.79 Å². The zero-order valence-electron chi connectivity index (χ0n) is 8.75. The molecule has 0 aromatic rings. The van der Waals surface area contributed by atoms with Gasteiger partial charge in [-0.15, -0.1) is 0 Å². The number of rotatable bonds is 0. The van der Waals surface area contributed by atoms with Crippen LogP contribution in [0, 0.1) is 5.92 Å². The van der Waals surface area contributed by atoms with Crippen LogP contribution < -0.4 is 0 Å².